The number of nitrogens with two attached hydrogens (primary N) is 1. The Morgan fingerprint density at radius 3 is 2.47 bits per heavy atom. The normalized spacial score (nSPS) is 30.9. The summed E-state index contributed by atoms with van der Waals surface area (Å²) in [7, 11) is 1.80. The molecule has 0 heterocycles. The number of ether oxygens (including phenoxy) is 1. The van der Waals surface area contributed by atoms with Crippen molar-refractivity contribution in [3.8, 4) is 0 Å². The monoisotopic (exact) mass is 241 g/mol. The smallest absolute Gasteiger partial charge is 0.0622 e. The van der Waals surface area contributed by atoms with Crippen LogP contribution in [0.4, 0.5) is 0 Å². The number of methoxy groups -OCH3 is 1. The van der Waals surface area contributed by atoms with Crippen LogP contribution in [0.5, 0.6) is 0 Å². The van der Waals surface area contributed by atoms with Crippen LogP contribution in [0.15, 0.2) is 0 Å². The van der Waals surface area contributed by atoms with Gasteiger partial charge in [0.05, 0.1) is 5.60 Å². The minimum Gasteiger partial charge on any atom is -0.379 e. The lowest BCUT2D eigenvalue weighted by atomic mass is 9.72. The highest BCUT2D eigenvalue weighted by Crippen LogP contribution is 2.36. The first kappa shape index (κ1) is 15.0. The van der Waals surface area contributed by atoms with Crippen molar-refractivity contribution in [3.05, 3.63) is 0 Å². The Labute approximate surface area is 107 Å². The molecule has 0 amide bonds. The third-order valence-corrected chi connectivity index (χ3v) is 4.69. The average Bonchev–Trinajstić information content (AvgIpc) is 2.27. The molecule has 1 fully saturated rings. The molecule has 102 valence electrons. The van der Waals surface area contributed by atoms with Crippen molar-refractivity contribution in [3.63, 3.8) is 0 Å². The van der Waals surface area contributed by atoms with Crippen molar-refractivity contribution >= 4 is 0 Å². The topological polar surface area (TPSA) is 35.2 Å². The van der Waals surface area contributed by atoms with Crippen LogP contribution in [0, 0.1) is 17.8 Å². The summed E-state index contributed by atoms with van der Waals surface area (Å²) in [6.07, 6.45) is 6.18. The summed E-state index contributed by atoms with van der Waals surface area (Å²) in [5.74, 6) is 2.39. The van der Waals surface area contributed by atoms with Crippen LogP contribution in [0.25, 0.3) is 0 Å². The quantitative estimate of drug-likeness (QED) is 0.798. The summed E-state index contributed by atoms with van der Waals surface area (Å²) in [6.45, 7) is 9.03. The van der Waals surface area contributed by atoms with Gasteiger partial charge in [-0.1, -0.05) is 13.8 Å². The molecule has 0 radical (unpaired) electrons. The third-order valence-electron chi connectivity index (χ3n) is 4.69. The van der Waals surface area contributed by atoms with Gasteiger partial charge in [-0.15, -0.1) is 0 Å². The van der Waals surface area contributed by atoms with E-state index in [2.05, 4.69) is 27.7 Å². The van der Waals surface area contributed by atoms with E-state index in [-0.39, 0.29) is 5.60 Å². The van der Waals surface area contributed by atoms with Crippen LogP contribution in [0.3, 0.4) is 0 Å². The van der Waals surface area contributed by atoms with Gasteiger partial charge in [0, 0.05) is 13.2 Å². The molecule has 2 nitrogen and oxygen atoms in total. The molecular weight excluding hydrogens is 210 g/mol. The van der Waals surface area contributed by atoms with E-state index < -0.39 is 0 Å². The number of rotatable bonds is 5. The first-order chi connectivity index (χ1) is 7.85. The number of hydrogen-bond acceptors (Lipinski definition) is 2. The molecule has 3 atom stereocenters. The minimum atomic E-state index is 0.00446. The van der Waals surface area contributed by atoms with Crippen LogP contribution < -0.4 is 5.73 Å². The molecule has 2 N–H and O–H groups in total. The van der Waals surface area contributed by atoms with Crippen LogP contribution in [0.2, 0.25) is 0 Å². The molecule has 1 rings (SSSR count). The van der Waals surface area contributed by atoms with Gasteiger partial charge in [-0.2, -0.15) is 0 Å². The zero-order valence-electron chi connectivity index (χ0n) is 12.3. The summed E-state index contributed by atoms with van der Waals surface area (Å²) < 4.78 is 5.50. The van der Waals surface area contributed by atoms with E-state index in [0.717, 1.165) is 18.3 Å². The molecule has 0 aliphatic heterocycles. The van der Waals surface area contributed by atoms with E-state index in [1.54, 1.807) is 7.11 Å². The molecule has 0 aromatic heterocycles. The maximum Gasteiger partial charge on any atom is 0.0622 e. The molecule has 0 saturated heterocycles. The predicted octanol–water partition coefficient (Wildman–Crippen LogP) is 3.59. The van der Waals surface area contributed by atoms with Gasteiger partial charge in [0.15, 0.2) is 0 Å². The maximum absolute atomic E-state index is 6.27. The van der Waals surface area contributed by atoms with Crippen molar-refractivity contribution in [2.75, 3.05) is 7.11 Å². The van der Waals surface area contributed by atoms with Gasteiger partial charge in [-0.3, -0.25) is 0 Å². The second kappa shape index (κ2) is 6.19. The first-order valence-corrected chi connectivity index (χ1v) is 7.16. The Morgan fingerprint density at radius 1 is 1.29 bits per heavy atom. The van der Waals surface area contributed by atoms with Gasteiger partial charge in [0.1, 0.15) is 0 Å². The molecule has 0 aromatic carbocycles. The van der Waals surface area contributed by atoms with E-state index in [0.29, 0.717) is 12.0 Å². The number of hydrogen-bond donors (Lipinski definition) is 1. The summed E-state index contributed by atoms with van der Waals surface area (Å²) in [5, 5.41) is 0. The Hall–Kier alpha value is -0.0800. The first-order valence-electron chi connectivity index (χ1n) is 7.16. The Kier molecular flexibility index (Phi) is 5.46. The summed E-state index contributed by atoms with van der Waals surface area (Å²) >= 11 is 0. The maximum atomic E-state index is 6.27. The van der Waals surface area contributed by atoms with Crippen LogP contribution in [-0.4, -0.2) is 18.8 Å². The SMILES string of the molecule is COC(C)(C)CCC1CC(C(C)C)CCC1N. The molecule has 17 heavy (non-hydrogen) atoms. The van der Waals surface area contributed by atoms with Crippen molar-refractivity contribution in [1.82, 2.24) is 0 Å². The van der Waals surface area contributed by atoms with Gasteiger partial charge >= 0.3 is 0 Å². The van der Waals surface area contributed by atoms with Crippen LogP contribution in [-0.2, 0) is 4.74 Å². The molecular formula is C15H31NO. The largest absolute Gasteiger partial charge is 0.379 e. The Balaban J connectivity index is 2.45. The fourth-order valence-electron chi connectivity index (χ4n) is 2.90. The summed E-state index contributed by atoms with van der Waals surface area (Å²) in [6, 6.07) is 0.414. The summed E-state index contributed by atoms with van der Waals surface area (Å²) in [5.41, 5.74) is 6.28. The molecule has 0 aromatic rings. The zero-order chi connectivity index (χ0) is 13.1. The highest BCUT2D eigenvalue weighted by atomic mass is 16.5. The highest BCUT2D eigenvalue weighted by molar-refractivity contribution is 4.85. The lowest BCUT2D eigenvalue weighted by Gasteiger charge is -2.37. The minimum absolute atomic E-state index is 0.00446. The predicted molar refractivity (Wildman–Crippen MR) is 74.0 cm³/mol. The Bertz CT molecular complexity index is 225. The lowest BCUT2D eigenvalue weighted by Crippen LogP contribution is -2.38. The molecule has 1 aliphatic carbocycles. The zero-order valence-corrected chi connectivity index (χ0v) is 12.3. The Morgan fingerprint density at radius 2 is 1.94 bits per heavy atom. The van der Waals surface area contributed by atoms with Gasteiger partial charge in [-0.25, -0.2) is 0 Å². The standard InChI is InChI=1S/C15H31NO/c1-11(2)12-6-7-14(16)13(10-12)8-9-15(3,4)17-5/h11-14H,6-10,16H2,1-5H3. The molecule has 3 unspecified atom stereocenters. The average molecular weight is 241 g/mol. The molecule has 0 spiro atoms. The second-order valence-electron chi connectivity index (χ2n) is 6.74. The van der Waals surface area contributed by atoms with Crippen LogP contribution in [0.1, 0.15) is 59.8 Å². The molecule has 2 heteroatoms. The van der Waals surface area contributed by atoms with Gasteiger partial charge in [0.2, 0.25) is 0 Å². The molecule has 0 bridgehead atoms. The van der Waals surface area contributed by atoms with Crippen molar-refractivity contribution < 1.29 is 4.74 Å². The van der Waals surface area contributed by atoms with Gasteiger partial charge in [-0.05, 0) is 63.7 Å². The highest BCUT2D eigenvalue weighted by Gasteiger charge is 2.30. The molecule has 1 saturated carbocycles. The van der Waals surface area contributed by atoms with Crippen molar-refractivity contribution in [1.29, 1.82) is 0 Å². The lowest BCUT2D eigenvalue weighted by molar-refractivity contribution is 0.00651. The third kappa shape index (κ3) is 4.59. The van der Waals surface area contributed by atoms with E-state index in [4.69, 9.17) is 10.5 Å². The van der Waals surface area contributed by atoms with Crippen LogP contribution >= 0.6 is 0 Å². The second-order valence-corrected chi connectivity index (χ2v) is 6.74. The molecule has 1 aliphatic rings. The van der Waals surface area contributed by atoms with E-state index in [1.165, 1.54) is 25.7 Å². The van der Waals surface area contributed by atoms with E-state index in [1.807, 2.05) is 0 Å². The van der Waals surface area contributed by atoms with E-state index in [9.17, 15) is 0 Å². The summed E-state index contributed by atoms with van der Waals surface area (Å²) in [4.78, 5) is 0. The van der Waals surface area contributed by atoms with E-state index >= 15 is 0 Å². The van der Waals surface area contributed by atoms with Crippen molar-refractivity contribution in [2.45, 2.75) is 71.4 Å². The van der Waals surface area contributed by atoms with Gasteiger partial charge < -0.3 is 10.5 Å². The fourth-order valence-corrected chi connectivity index (χ4v) is 2.90. The van der Waals surface area contributed by atoms with Gasteiger partial charge in [0.25, 0.3) is 0 Å². The fraction of sp³-hybridized carbons (Fsp3) is 1.00. The van der Waals surface area contributed by atoms with Crippen molar-refractivity contribution in [2.24, 2.45) is 23.5 Å².